The fraction of sp³-hybridized carbons (Fsp3) is 0.286. The van der Waals surface area contributed by atoms with Crippen LogP contribution in [0.5, 0.6) is 5.75 Å². The Morgan fingerprint density at radius 2 is 2.18 bits per heavy atom. The number of benzene rings is 1. The lowest BCUT2D eigenvalue weighted by atomic mass is 10.1. The summed E-state index contributed by atoms with van der Waals surface area (Å²) < 4.78 is 44.5. The number of halogens is 3. The number of rotatable bonds is 5. The maximum Gasteiger partial charge on any atom is 0.319 e. The van der Waals surface area contributed by atoms with Gasteiger partial charge in [0.05, 0.1) is 19.2 Å². The minimum absolute atomic E-state index is 0.0140. The third kappa shape index (κ3) is 3.21. The average Bonchev–Trinajstić information content (AvgIpc) is 2.94. The number of carbonyl (C=O) groups excluding carboxylic acids is 1. The summed E-state index contributed by atoms with van der Waals surface area (Å²) in [7, 11) is 2.77. The normalized spacial score (nSPS) is 10.8. The van der Waals surface area contributed by atoms with Gasteiger partial charge in [-0.1, -0.05) is 0 Å². The Bertz CT molecular complexity index is 673. The minimum atomic E-state index is -2.75. The first-order valence-corrected chi connectivity index (χ1v) is 6.33. The predicted octanol–water partition coefficient (Wildman–Crippen LogP) is 2.70. The molecule has 2 rings (SSSR count). The molecule has 0 aliphatic rings. The van der Waals surface area contributed by atoms with Crippen LogP contribution in [0, 0.1) is 5.82 Å². The summed E-state index contributed by atoms with van der Waals surface area (Å²) in [6.45, 7) is -2.89. The van der Waals surface area contributed by atoms with E-state index in [1.807, 2.05) is 0 Å². The number of aromatic nitrogens is 2. The Morgan fingerprint density at radius 1 is 1.45 bits per heavy atom. The Morgan fingerprint density at radius 3 is 2.82 bits per heavy atom. The van der Waals surface area contributed by atoms with Gasteiger partial charge in [-0.05, 0) is 18.2 Å². The Hall–Kier alpha value is -2.51. The molecule has 1 heterocycles. The molecule has 0 saturated heterocycles. The Kier molecular flexibility index (Phi) is 4.69. The van der Waals surface area contributed by atoms with Crippen LogP contribution in [0.4, 0.5) is 13.2 Å². The highest BCUT2D eigenvalue weighted by Crippen LogP contribution is 2.22. The van der Waals surface area contributed by atoms with E-state index in [4.69, 9.17) is 4.74 Å². The largest absolute Gasteiger partial charge is 0.496 e. The van der Waals surface area contributed by atoms with Crippen LogP contribution in [-0.4, -0.2) is 34.5 Å². The number of hydrogen-bond acceptors (Lipinski definition) is 3. The number of hydrogen-bond donors (Lipinski definition) is 0. The predicted molar refractivity (Wildman–Crippen MR) is 72.2 cm³/mol. The molecule has 118 valence electrons. The highest BCUT2D eigenvalue weighted by atomic mass is 19.3. The summed E-state index contributed by atoms with van der Waals surface area (Å²) >= 11 is 0. The number of carbonyl (C=O) groups is 1. The number of methoxy groups -OCH3 is 1. The third-order valence-electron chi connectivity index (χ3n) is 3.08. The molecule has 22 heavy (non-hydrogen) atoms. The average molecular weight is 313 g/mol. The maximum absolute atomic E-state index is 13.3. The van der Waals surface area contributed by atoms with Crippen LogP contribution >= 0.6 is 0 Å². The van der Waals surface area contributed by atoms with E-state index in [9.17, 15) is 18.0 Å². The Labute approximate surface area is 124 Å². The lowest BCUT2D eigenvalue weighted by Gasteiger charge is -2.19. The van der Waals surface area contributed by atoms with Gasteiger partial charge >= 0.3 is 6.55 Å². The summed E-state index contributed by atoms with van der Waals surface area (Å²) in [5.74, 6) is -0.913. The number of ether oxygens (including phenoxy) is 1. The molecule has 0 N–H and O–H groups in total. The number of alkyl halides is 2. The second kappa shape index (κ2) is 6.50. The molecule has 0 aliphatic carbocycles. The summed E-state index contributed by atoms with van der Waals surface area (Å²) in [5, 5.41) is 0. The van der Waals surface area contributed by atoms with Crippen molar-refractivity contribution in [2.75, 3.05) is 14.2 Å². The van der Waals surface area contributed by atoms with Crippen molar-refractivity contribution in [3.63, 3.8) is 0 Å². The summed E-state index contributed by atoms with van der Waals surface area (Å²) in [6, 6.07) is 3.53. The zero-order chi connectivity index (χ0) is 16.3. The molecule has 0 unspecified atom stereocenters. The van der Waals surface area contributed by atoms with Gasteiger partial charge in [0.2, 0.25) is 0 Å². The van der Waals surface area contributed by atoms with E-state index in [0.717, 1.165) is 12.3 Å². The quantitative estimate of drug-likeness (QED) is 0.852. The molecular formula is C14H14F3N3O2. The van der Waals surface area contributed by atoms with Crippen LogP contribution in [0.25, 0.3) is 0 Å². The van der Waals surface area contributed by atoms with E-state index in [-0.39, 0.29) is 23.7 Å². The molecule has 0 radical (unpaired) electrons. The smallest absolute Gasteiger partial charge is 0.319 e. The van der Waals surface area contributed by atoms with Gasteiger partial charge in [-0.3, -0.25) is 9.36 Å². The first-order chi connectivity index (χ1) is 10.4. The molecule has 2 aromatic rings. The molecule has 0 atom stereocenters. The van der Waals surface area contributed by atoms with Crippen molar-refractivity contribution in [2.24, 2.45) is 0 Å². The van der Waals surface area contributed by atoms with Crippen LogP contribution in [-0.2, 0) is 6.54 Å². The van der Waals surface area contributed by atoms with Gasteiger partial charge in [0.25, 0.3) is 5.91 Å². The van der Waals surface area contributed by atoms with Crippen molar-refractivity contribution in [1.29, 1.82) is 0 Å². The second-order valence-electron chi connectivity index (χ2n) is 4.53. The first-order valence-electron chi connectivity index (χ1n) is 6.33. The van der Waals surface area contributed by atoms with Crippen LogP contribution in [0.2, 0.25) is 0 Å². The number of imidazole rings is 1. The van der Waals surface area contributed by atoms with Gasteiger partial charge < -0.3 is 9.64 Å². The highest BCUT2D eigenvalue weighted by Gasteiger charge is 2.20. The fourth-order valence-corrected chi connectivity index (χ4v) is 1.98. The zero-order valence-electron chi connectivity index (χ0n) is 12.0. The van der Waals surface area contributed by atoms with E-state index in [1.54, 1.807) is 0 Å². The van der Waals surface area contributed by atoms with Crippen molar-refractivity contribution < 1.29 is 22.7 Å². The maximum atomic E-state index is 13.3. The molecule has 0 spiro atoms. The fourth-order valence-electron chi connectivity index (χ4n) is 1.98. The highest BCUT2D eigenvalue weighted by molar-refractivity contribution is 5.96. The lowest BCUT2D eigenvalue weighted by Crippen LogP contribution is -2.28. The monoisotopic (exact) mass is 313 g/mol. The van der Waals surface area contributed by atoms with Crippen LogP contribution in [0.3, 0.4) is 0 Å². The van der Waals surface area contributed by atoms with E-state index >= 15 is 0 Å². The van der Waals surface area contributed by atoms with Gasteiger partial charge in [-0.25, -0.2) is 9.37 Å². The van der Waals surface area contributed by atoms with Crippen LogP contribution < -0.4 is 4.74 Å². The molecule has 5 nitrogen and oxygen atoms in total. The molecule has 1 aromatic heterocycles. The SMILES string of the molecule is COc1ccc(F)cc1C(=O)N(C)Cc1nccn1C(F)F. The summed E-state index contributed by atoms with van der Waals surface area (Å²) in [6.07, 6.45) is 2.35. The van der Waals surface area contributed by atoms with Gasteiger partial charge in [-0.15, -0.1) is 0 Å². The van der Waals surface area contributed by atoms with Crippen LogP contribution in [0.1, 0.15) is 22.7 Å². The van der Waals surface area contributed by atoms with E-state index in [2.05, 4.69) is 4.98 Å². The molecule has 0 aliphatic heterocycles. The third-order valence-corrected chi connectivity index (χ3v) is 3.08. The number of nitrogens with zero attached hydrogens (tertiary/aromatic N) is 3. The van der Waals surface area contributed by atoms with E-state index < -0.39 is 18.3 Å². The minimum Gasteiger partial charge on any atom is -0.496 e. The standard InChI is InChI=1S/C14H14F3N3O2/c1-19(8-12-18-5-6-20(12)14(16)17)13(21)10-7-9(15)3-4-11(10)22-2/h3-7,14H,8H2,1-2H3. The van der Waals surface area contributed by atoms with E-state index in [1.165, 1.54) is 37.4 Å². The van der Waals surface area contributed by atoms with Crippen molar-refractivity contribution in [1.82, 2.24) is 14.5 Å². The van der Waals surface area contributed by atoms with Crippen molar-refractivity contribution in [3.8, 4) is 5.75 Å². The number of amides is 1. The molecule has 1 amide bonds. The van der Waals surface area contributed by atoms with E-state index in [0.29, 0.717) is 4.57 Å². The molecule has 8 heteroatoms. The van der Waals surface area contributed by atoms with Gasteiger partial charge in [0.1, 0.15) is 17.4 Å². The topological polar surface area (TPSA) is 47.4 Å². The second-order valence-corrected chi connectivity index (χ2v) is 4.53. The summed E-state index contributed by atoms with van der Waals surface area (Å²) in [4.78, 5) is 17.3. The van der Waals surface area contributed by atoms with Gasteiger partial charge in [-0.2, -0.15) is 8.78 Å². The summed E-state index contributed by atoms with van der Waals surface area (Å²) in [5.41, 5.74) is 0.0140. The van der Waals surface area contributed by atoms with Crippen LogP contribution in [0.15, 0.2) is 30.6 Å². The molecule has 1 aromatic carbocycles. The lowest BCUT2D eigenvalue weighted by molar-refractivity contribution is 0.0611. The molecule has 0 fully saturated rings. The molecule has 0 saturated carbocycles. The van der Waals surface area contributed by atoms with Crippen molar-refractivity contribution in [3.05, 3.63) is 47.8 Å². The van der Waals surface area contributed by atoms with Gasteiger partial charge in [0.15, 0.2) is 0 Å². The van der Waals surface area contributed by atoms with Gasteiger partial charge in [0, 0.05) is 19.4 Å². The first kappa shape index (κ1) is 15.9. The van der Waals surface area contributed by atoms with Crippen molar-refractivity contribution >= 4 is 5.91 Å². The Balaban J connectivity index is 2.22. The zero-order valence-corrected chi connectivity index (χ0v) is 12.0. The molecule has 0 bridgehead atoms. The molecular weight excluding hydrogens is 299 g/mol. The van der Waals surface area contributed by atoms with Crippen molar-refractivity contribution in [2.45, 2.75) is 13.1 Å².